The van der Waals surface area contributed by atoms with Gasteiger partial charge in [0.2, 0.25) is 0 Å². The summed E-state index contributed by atoms with van der Waals surface area (Å²) in [4.78, 5) is 12.6. The third kappa shape index (κ3) is 5.26. The molecule has 0 aliphatic rings. The van der Waals surface area contributed by atoms with Gasteiger partial charge in [-0.1, -0.05) is 65.0 Å². The highest BCUT2D eigenvalue weighted by Gasteiger charge is 2.38. The lowest BCUT2D eigenvalue weighted by molar-refractivity contribution is -0.130. The van der Waals surface area contributed by atoms with Crippen molar-refractivity contribution in [2.45, 2.75) is 58.9 Å². The summed E-state index contributed by atoms with van der Waals surface area (Å²) in [5, 5.41) is 10.5. The van der Waals surface area contributed by atoms with Crippen molar-refractivity contribution in [1.82, 2.24) is 0 Å². The van der Waals surface area contributed by atoms with Gasteiger partial charge in [0.15, 0.2) is 8.32 Å². The molecule has 1 rings (SSSR count). The second-order valence-electron chi connectivity index (χ2n) is 8.02. The molecule has 0 heterocycles. The number of hydrogen-bond acceptors (Lipinski definition) is 3. The normalized spacial score (nSPS) is 16.7. The summed E-state index contributed by atoms with van der Waals surface area (Å²) in [6, 6.07) is 9.36. The van der Waals surface area contributed by atoms with Gasteiger partial charge in [-0.05, 0) is 23.7 Å². The molecule has 0 spiro atoms. The molecule has 0 unspecified atom stereocenters. The van der Waals surface area contributed by atoms with E-state index in [1.807, 2.05) is 37.3 Å². The number of carbonyl (C=O) groups is 1. The number of hydrogen-bond donors (Lipinski definition) is 1. The molecule has 1 aromatic rings. The van der Waals surface area contributed by atoms with E-state index in [2.05, 4.69) is 33.9 Å². The van der Waals surface area contributed by atoms with Gasteiger partial charge in [0.1, 0.15) is 5.78 Å². The first-order valence-electron chi connectivity index (χ1n) is 8.38. The topological polar surface area (TPSA) is 46.5 Å². The van der Waals surface area contributed by atoms with Crippen LogP contribution in [0.1, 0.15) is 46.3 Å². The van der Waals surface area contributed by atoms with E-state index in [9.17, 15) is 9.90 Å². The van der Waals surface area contributed by atoms with Gasteiger partial charge >= 0.3 is 0 Å². The first kappa shape index (κ1) is 20.1. The maximum atomic E-state index is 12.6. The second kappa shape index (κ2) is 7.73. The van der Waals surface area contributed by atoms with Gasteiger partial charge in [0.05, 0.1) is 6.10 Å². The Kier molecular flexibility index (Phi) is 6.75. The predicted octanol–water partition coefficient (Wildman–Crippen LogP) is 4.58. The lowest BCUT2D eigenvalue weighted by Gasteiger charge is -2.37. The highest BCUT2D eigenvalue weighted by Crippen LogP contribution is 2.37. The number of Topliss-reactive ketones (excluding diaryl/α,β-unsaturated/α-hetero) is 1. The van der Waals surface area contributed by atoms with Crippen LogP contribution < -0.4 is 0 Å². The Morgan fingerprint density at radius 3 is 2.17 bits per heavy atom. The number of ketones is 1. The number of benzene rings is 1. The molecule has 0 aromatic heterocycles. The summed E-state index contributed by atoms with van der Waals surface area (Å²) >= 11 is 0. The quantitative estimate of drug-likeness (QED) is 0.741. The molecule has 0 aliphatic carbocycles. The summed E-state index contributed by atoms with van der Waals surface area (Å²) in [6.45, 7) is 15.1. The molecule has 3 nitrogen and oxygen atoms in total. The minimum Gasteiger partial charge on any atom is -0.416 e. The van der Waals surface area contributed by atoms with Crippen molar-refractivity contribution in [3.63, 3.8) is 0 Å². The second-order valence-corrected chi connectivity index (χ2v) is 12.8. The average Bonchev–Trinajstić information content (AvgIpc) is 2.50. The summed E-state index contributed by atoms with van der Waals surface area (Å²) < 4.78 is 6.15. The first-order valence-corrected chi connectivity index (χ1v) is 11.3. The highest BCUT2D eigenvalue weighted by molar-refractivity contribution is 6.74. The molecular formula is C19H32O3Si. The molecular weight excluding hydrogens is 304 g/mol. The Bertz CT molecular complexity index is 505. The Morgan fingerprint density at radius 2 is 1.70 bits per heavy atom. The van der Waals surface area contributed by atoms with Gasteiger partial charge in [-0.25, -0.2) is 0 Å². The van der Waals surface area contributed by atoms with Crippen LogP contribution >= 0.6 is 0 Å². The molecule has 0 fully saturated rings. The van der Waals surface area contributed by atoms with E-state index in [-0.39, 0.29) is 16.7 Å². The van der Waals surface area contributed by atoms with Crippen LogP contribution in [0.4, 0.5) is 0 Å². The summed E-state index contributed by atoms with van der Waals surface area (Å²) in [5.41, 5.74) is 0.783. The van der Waals surface area contributed by atoms with Crippen LogP contribution in [0.2, 0.25) is 18.1 Å². The van der Waals surface area contributed by atoms with Crippen LogP contribution in [-0.2, 0) is 9.22 Å². The van der Waals surface area contributed by atoms with Gasteiger partial charge in [-0.3, -0.25) is 4.79 Å². The molecule has 0 amide bonds. The maximum absolute atomic E-state index is 12.6. The molecule has 0 saturated carbocycles. The first-order chi connectivity index (χ1) is 10.5. The van der Waals surface area contributed by atoms with E-state index in [1.165, 1.54) is 0 Å². The molecule has 23 heavy (non-hydrogen) atoms. The van der Waals surface area contributed by atoms with Crippen molar-refractivity contribution < 1.29 is 14.3 Å². The third-order valence-corrected chi connectivity index (χ3v) is 9.55. The van der Waals surface area contributed by atoms with Crippen molar-refractivity contribution in [3.05, 3.63) is 35.9 Å². The fourth-order valence-electron chi connectivity index (χ4n) is 2.18. The van der Waals surface area contributed by atoms with Crippen LogP contribution in [0.3, 0.4) is 0 Å². The number of aliphatic hydroxyl groups is 1. The Balaban J connectivity index is 2.66. The summed E-state index contributed by atoms with van der Waals surface area (Å²) in [5.74, 6) is -0.590. The molecule has 130 valence electrons. The molecule has 0 bridgehead atoms. The SMILES string of the molecule is C[C@H](CO[Si](C)(C)C(C)(C)C)C(=O)[C@H](C)[C@H](O)c1ccccc1. The summed E-state index contributed by atoms with van der Waals surface area (Å²) in [6.07, 6.45) is -0.765. The molecule has 1 aromatic carbocycles. The van der Waals surface area contributed by atoms with Crippen molar-refractivity contribution in [2.75, 3.05) is 6.61 Å². The zero-order chi connectivity index (χ0) is 17.8. The molecule has 0 radical (unpaired) electrons. The van der Waals surface area contributed by atoms with Crippen LogP contribution in [-0.4, -0.2) is 25.8 Å². The van der Waals surface area contributed by atoms with Gasteiger partial charge in [-0.15, -0.1) is 0 Å². The van der Waals surface area contributed by atoms with E-state index >= 15 is 0 Å². The zero-order valence-electron chi connectivity index (χ0n) is 15.6. The monoisotopic (exact) mass is 336 g/mol. The van der Waals surface area contributed by atoms with E-state index in [4.69, 9.17) is 4.43 Å². The molecule has 4 heteroatoms. The van der Waals surface area contributed by atoms with Gasteiger partial charge in [0.25, 0.3) is 0 Å². The minimum atomic E-state index is -1.85. The smallest absolute Gasteiger partial charge is 0.192 e. The average molecular weight is 337 g/mol. The van der Waals surface area contributed by atoms with Gasteiger partial charge in [0, 0.05) is 18.4 Å². The van der Waals surface area contributed by atoms with Crippen molar-refractivity contribution in [3.8, 4) is 0 Å². The zero-order valence-corrected chi connectivity index (χ0v) is 16.6. The maximum Gasteiger partial charge on any atom is 0.192 e. The molecule has 1 N–H and O–H groups in total. The number of rotatable bonds is 7. The van der Waals surface area contributed by atoms with E-state index in [0.29, 0.717) is 6.61 Å². The Morgan fingerprint density at radius 1 is 1.17 bits per heavy atom. The number of carbonyl (C=O) groups excluding carboxylic acids is 1. The van der Waals surface area contributed by atoms with Gasteiger partial charge < -0.3 is 9.53 Å². The molecule has 0 saturated heterocycles. The van der Waals surface area contributed by atoms with Crippen LogP contribution in [0.25, 0.3) is 0 Å². The van der Waals surface area contributed by atoms with Gasteiger partial charge in [-0.2, -0.15) is 0 Å². The Hall–Kier alpha value is -0.973. The lowest BCUT2D eigenvalue weighted by atomic mass is 9.88. The van der Waals surface area contributed by atoms with E-state index in [1.54, 1.807) is 6.92 Å². The fourth-order valence-corrected chi connectivity index (χ4v) is 3.27. The van der Waals surface area contributed by atoms with Crippen LogP contribution in [0, 0.1) is 11.8 Å². The van der Waals surface area contributed by atoms with E-state index in [0.717, 1.165) is 5.56 Å². The standard InChI is InChI=1S/C19H32O3Si/c1-14(13-22-23(6,7)19(3,4)5)17(20)15(2)18(21)16-11-9-8-10-12-16/h8-12,14-15,18,21H,13H2,1-7H3/t14-,15+,18+/m1/s1. The van der Waals surface area contributed by atoms with Crippen molar-refractivity contribution in [1.29, 1.82) is 0 Å². The molecule has 0 aliphatic heterocycles. The number of aliphatic hydroxyl groups excluding tert-OH is 1. The van der Waals surface area contributed by atoms with Crippen LogP contribution in [0.5, 0.6) is 0 Å². The minimum absolute atomic E-state index is 0.0556. The predicted molar refractivity (Wildman–Crippen MR) is 97.9 cm³/mol. The summed E-state index contributed by atoms with van der Waals surface area (Å²) in [7, 11) is -1.85. The Labute approximate surface area is 142 Å². The van der Waals surface area contributed by atoms with Crippen molar-refractivity contribution >= 4 is 14.1 Å². The lowest BCUT2D eigenvalue weighted by Crippen LogP contribution is -2.42. The largest absolute Gasteiger partial charge is 0.416 e. The van der Waals surface area contributed by atoms with E-state index < -0.39 is 20.3 Å². The van der Waals surface area contributed by atoms with Crippen molar-refractivity contribution in [2.24, 2.45) is 11.8 Å². The van der Waals surface area contributed by atoms with Crippen LogP contribution in [0.15, 0.2) is 30.3 Å². The fraction of sp³-hybridized carbons (Fsp3) is 0.632. The molecule has 3 atom stereocenters. The third-order valence-electron chi connectivity index (χ3n) is 5.05. The highest BCUT2D eigenvalue weighted by atomic mass is 28.4.